The van der Waals surface area contributed by atoms with E-state index in [0.29, 0.717) is 20.9 Å². The molecule has 0 radical (unpaired) electrons. The van der Waals surface area contributed by atoms with Crippen molar-refractivity contribution in [1.82, 2.24) is 10.3 Å². The van der Waals surface area contributed by atoms with Crippen LogP contribution in [0.1, 0.15) is 23.5 Å². The molecule has 4 aromatic rings. The summed E-state index contributed by atoms with van der Waals surface area (Å²) < 4.78 is 7.34. The number of anilines is 1. The van der Waals surface area contributed by atoms with Crippen molar-refractivity contribution in [3.05, 3.63) is 105 Å². The van der Waals surface area contributed by atoms with Crippen LogP contribution in [0, 0.1) is 0 Å². The van der Waals surface area contributed by atoms with Gasteiger partial charge in [-0.3, -0.25) is 4.98 Å². The zero-order chi connectivity index (χ0) is 22.2. The van der Waals surface area contributed by atoms with Gasteiger partial charge in [-0.25, -0.2) is 0 Å². The van der Waals surface area contributed by atoms with Crippen molar-refractivity contribution in [2.45, 2.75) is 12.1 Å². The van der Waals surface area contributed by atoms with Crippen molar-refractivity contribution in [1.29, 1.82) is 0 Å². The summed E-state index contributed by atoms with van der Waals surface area (Å²) in [7, 11) is 0. The number of benzene rings is 2. The summed E-state index contributed by atoms with van der Waals surface area (Å²) >= 11 is 21.5. The van der Waals surface area contributed by atoms with Gasteiger partial charge in [0.15, 0.2) is 5.11 Å². The number of furan rings is 1. The molecule has 1 fully saturated rings. The van der Waals surface area contributed by atoms with Gasteiger partial charge in [0.1, 0.15) is 17.6 Å². The van der Waals surface area contributed by atoms with Gasteiger partial charge in [0.2, 0.25) is 0 Å². The van der Waals surface area contributed by atoms with Gasteiger partial charge in [-0.1, -0.05) is 45.2 Å². The Labute approximate surface area is 209 Å². The highest BCUT2D eigenvalue weighted by Crippen LogP contribution is 2.43. The highest BCUT2D eigenvalue weighted by atomic mass is 79.9. The van der Waals surface area contributed by atoms with Crippen molar-refractivity contribution in [2.75, 3.05) is 4.90 Å². The van der Waals surface area contributed by atoms with Gasteiger partial charge in [-0.15, -0.1) is 0 Å². The topological polar surface area (TPSA) is 41.3 Å². The van der Waals surface area contributed by atoms with Crippen molar-refractivity contribution in [3.8, 4) is 11.3 Å². The van der Waals surface area contributed by atoms with Crippen LogP contribution in [0.4, 0.5) is 5.69 Å². The number of nitrogens with one attached hydrogen (secondary N) is 1. The van der Waals surface area contributed by atoms with Gasteiger partial charge in [0, 0.05) is 21.9 Å². The maximum atomic E-state index is 6.34. The van der Waals surface area contributed by atoms with Crippen LogP contribution in [-0.2, 0) is 0 Å². The molecule has 0 bridgehead atoms. The van der Waals surface area contributed by atoms with E-state index in [1.807, 2.05) is 60.7 Å². The van der Waals surface area contributed by atoms with Crippen LogP contribution in [0.5, 0.6) is 0 Å². The second-order valence-electron chi connectivity index (χ2n) is 7.30. The summed E-state index contributed by atoms with van der Waals surface area (Å²) in [6, 6.07) is 22.8. The first kappa shape index (κ1) is 21.5. The summed E-state index contributed by atoms with van der Waals surface area (Å²) in [6.07, 6.45) is 1.78. The Morgan fingerprint density at radius 3 is 2.50 bits per heavy atom. The first-order valence-corrected chi connectivity index (χ1v) is 11.8. The average Bonchev–Trinajstić information content (AvgIpc) is 3.41. The van der Waals surface area contributed by atoms with Gasteiger partial charge in [0.05, 0.1) is 21.8 Å². The minimum Gasteiger partial charge on any atom is -0.459 e. The van der Waals surface area contributed by atoms with E-state index in [2.05, 4.69) is 31.1 Å². The van der Waals surface area contributed by atoms with E-state index in [4.69, 9.17) is 39.8 Å². The first-order chi connectivity index (χ1) is 15.5. The van der Waals surface area contributed by atoms with Crippen LogP contribution >= 0.6 is 51.3 Å². The molecule has 0 spiro atoms. The summed E-state index contributed by atoms with van der Waals surface area (Å²) in [5.41, 5.74) is 2.69. The molecule has 1 aliphatic heterocycles. The Morgan fingerprint density at radius 1 is 0.969 bits per heavy atom. The van der Waals surface area contributed by atoms with E-state index in [0.717, 1.165) is 27.2 Å². The largest absolute Gasteiger partial charge is 0.459 e. The van der Waals surface area contributed by atoms with Crippen LogP contribution in [0.2, 0.25) is 10.0 Å². The van der Waals surface area contributed by atoms with Gasteiger partial charge < -0.3 is 14.6 Å². The predicted octanol–water partition coefficient (Wildman–Crippen LogP) is 7.59. The van der Waals surface area contributed by atoms with E-state index < -0.39 is 0 Å². The lowest BCUT2D eigenvalue weighted by Crippen LogP contribution is -2.29. The molecule has 3 heterocycles. The standard InChI is InChI=1S/C24H16BrCl2N3OS/c25-15-5-7-16(8-6-15)30-23(22(29-24(30)32)19-3-1-2-12-28-19)21-11-10-20(31-21)14-4-9-17(26)18(27)13-14/h1-13,22-23H,(H,29,32)/t22-,23+/m0/s1. The second kappa shape index (κ2) is 8.87. The van der Waals surface area contributed by atoms with Crippen LogP contribution in [0.15, 0.2) is 87.9 Å². The summed E-state index contributed by atoms with van der Waals surface area (Å²) in [4.78, 5) is 6.64. The number of hydrogen-bond donors (Lipinski definition) is 1. The number of nitrogens with zero attached hydrogens (tertiary/aromatic N) is 2. The summed E-state index contributed by atoms with van der Waals surface area (Å²) in [5.74, 6) is 1.46. The molecule has 160 valence electrons. The molecule has 0 unspecified atom stereocenters. The van der Waals surface area contributed by atoms with Crippen LogP contribution in [-0.4, -0.2) is 10.1 Å². The van der Waals surface area contributed by atoms with E-state index in [1.54, 1.807) is 18.3 Å². The molecule has 1 aliphatic rings. The molecule has 0 saturated carbocycles. The lowest BCUT2D eigenvalue weighted by Gasteiger charge is -2.26. The SMILES string of the molecule is S=C1N[C@@H](c2ccccn2)[C@@H](c2ccc(-c3ccc(Cl)c(Cl)c3)o2)N1c1ccc(Br)cc1. The zero-order valence-electron chi connectivity index (χ0n) is 16.5. The Kier molecular flexibility index (Phi) is 5.95. The Bertz CT molecular complexity index is 1280. The Balaban J connectivity index is 1.59. The molecule has 0 amide bonds. The molecule has 2 atom stereocenters. The minimum absolute atomic E-state index is 0.180. The maximum Gasteiger partial charge on any atom is 0.174 e. The fourth-order valence-corrected chi connectivity index (χ4v) is 4.75. The van der Waals surface area contributed by atoms with E-state index >= 15 is 0 Å². The molecule has 1 saturated heterocycles. The van der Waals surface area contributed by atoms with Crippen molar-refractivity contribution in [2.24, 2.45) is 0 Å². The number of thiocarbonyl (C=S) groups is 1. The number of rotatable bonds is 4. The molecular formula is C24H16BrCl2N3OS. The zero-order valence-corrected chi connectivity index (χ0v) is 20.4. The smallest absolute Gasteiger partial charge is 0.174 e. The molecule has 2 aromatic carbocycles. The fourth-order valence-electron chi connectivity index (χ4n) is 3.84. The molecule has 1 N–H and O–H groups in total. The number of aromatic nitrogens is 1. The van der Waals surface area contributed by atoms with Crippen LogP contribution in [0.3, 0.4) is 0 Å². The van der Waals surface area contributed by atoms with Crippen LogP contribution in [0.25, 0.3) is 11.3 Å². The Hall–Kier alpha value is -2.38. The molecule has 4 nitrogen and oxygen atoms in total. The van der Waals surface area contributed by atoms with Crippen LogP contribution < -0.4 is 10.2 Å². The highest BCUT2D eigenvalue weighted by molar-refractivity contribution is 9.10. The molecule has 8 heteroatoms. The van der Waals surface area contributed by atoms with Crippen molar-refractivity contribution < 1.29 is 4.42 Å². The third-order valence-electron chi connectivity index (χ3n) is 5.33. The predicted molar refractivity (Wildman–Crippen MR) is 136 cm³/mol. The molecule has 5 rings (SSSR count). The van der Waals surface area contributed by atoms with Gasteiger partial charge >= 0.3 is 0 Å². The molecule has 0 aliphatic carbocycles. The van der Waals surface area contributed by atoms with Gasteiger partial charge in [-0.2, -0.15) is 0 Å². The fraction of sp³-hybridized carbons (Fsp3) is 0.0833. The first-order valence-electron chi connectivity index (χ1n) is 9.82. The quantitative estimate of drug-likeness (QED) is 0.268. The van der Waals surface area contributed by atoms with Gasteiger partial charge in [0.25, 0.3) is 0 Å². The van der Waals surface area contributed by atoms with Crippen molar-refractivity contribution in [3.63, 3.8) is 0 Å². The third kappa shape index (κ3) is 4.04. The molecule has 32 heavy (non-hydrogen) atoms. The lowest BCUT2D eigenvalue weighted by atomic mass is 10.0. The van der Waals surface area contributed by atoms with E-state index in [9.17, 15) is 0 Å². The molecule has 2 aromatic heterocycles. The summed E-state index contributed by atoms with van der Waals surface area (Å²) in [6.45, 7) is 0. The maximum absolute atomic E-state index is 6.34. The third-order valence-corrected chi connectivity index (χ3v) is 6.91. The number of hydrogen-bond acceptors (Lipinski definition) is 3. The highest BCUT2D eigenvalue weighted by Gasteiger charge is 2.42. The molecular weight excluding hydrogens is 529 g/mol. The average molecular weight is 545 g/mol. The Morgan fingerprint density at radius 2 is 1.78 bits per heavy atom. The monoisotopic (exact) mass is 543 g/mol. The second-order valence-corrected chi connectivity index (χ2v) is 9.42. The number of halogens is 3. The summed E-state index contributed by atoms with van der Waals surface area (Å²) in [5, 5.41) is 5.03. The lowest BCUT2D eigenvalue weighted by molar-refractivity contribution is 0.439. The van der Waals surface area contributed by atoms with Gasteiger partial charge in [-0.05, 0) is 78.9 Å². The van der Waals surface area contributed by atoms with E-state index in [1.165, 1.54) is 0 Å². The number of pyridine rings is 1. The minimum atomic E-state index is -0.227. The van der Waals surface area contributed by atoms with E-state index in [-0.39, 0.29) is 12.1 Å². The normalized spacial score (nSPS) is 18.1. The van der Waals surface area contributed by atoms with Crippen molar-refractivity contribution >= 4 is 62.1 Å².